The van der Waals surface area contributed by atoms with Crippen LogP contribution in [0.25, 0.3) is 0 Å². The molecule has 6 nitrogen and oxygen atoms in total. The molecule has 0 saturated heterocycles. The Bertz CT molecular complexity index is 972. The van der Waals surface area contributed by atoms with Gasteiger partial charge in [-0.05, 0) is 47.7 Å². The molecule has 0 aromatic heterocycles. The molecule has 158 valence electrons. The molecule has 0 saturated carbocycles. The quantitative estimate of drug-likeness (QED) is 0.744. The van der Waals surface area contributed by atoms with Gasteiger partial charge >= 0.3 is 0 Å². The zero-order valence-corrected chi connectivity index (χ0v) is 17.7. The van der Waals surface area contributed by atoms with Gasteiger partial charge in [0.25, 0.3) is 5.91 Å². The molecule has 2 heterocycles. The van der Waals surface area contributed by atoms with E-state index in [1.807, 2.05) is 41.3 Å². The first-order chi connectivity index (χ1) is 14.6. The number of rotatable bonds is 6. The van der Waals surface area contributed by atoms with E-state index in [9.17, 15) is 9.59 Å². The molecular weight excluding hydrogens is 380 g/mol. The van der Waals surface area contributed by atoms with E-state index >= 15 is 0 Å². The standard InChI is InChI=1S/C24H28N2O4/c1-4-5-11-25-23(27)21-16-8-6-7-9-17(16)24(28)26-12-10-15-13-19(29-2)20(30-3)14-18(15)22(21)26/h6-9,13-14,21-22H,4-5,10-12H2,1-3H3,(H,25,27)/t21-,22-/m1/s1. The van der Waals surface area contributed by atoms with Crippen molar-refractivity contribution >= 4 is 11.8 Å². The van der Waals surface area contributed by atoms with Crippen molar-refractivity contribution in [2.45, 2.75) is 38.1 Å². The third kappa shape index (κ3) is 3.30. The summed E-state index contributed by atoms with van der Waals surface area (Å²) in [7, 11) is 3.21. The summed E-state index contributed by atoms with van der Waals surface area (Å²) < 4.78 is 11.0. The van der Waals surface area contributed by atoms with Crippen molar-refractivity contribution in [1.82, 2.24) is 10.2 Å². The lowest BCUT2D eigenvalue weighted by Gasteiger charge is -2.45. The molecule has 0 unspecified atom stereocenters. The van der Waals surface area contributed by atoms with E-state index < -0.39 is 5.92 Å². The normalized spacial score (nSPS) is 19.4. The van der Waals surface area contributed by atoms with Gasteiger partial charge < -0.3 is 19.7 Å². The molecular formula is C24H28N2O4. The number of carbonyl (C=O) groups is 2. The van der Waals surface area contributed by atoms with Crippen LogP contribution in [-0.2, 0) is 11.2 Å². The Hall–Kier alpha value is -3.02. The highest BCUT2D eigenvalue weighted by Gasteiger charge is 2.46. The molecule has 2 amide bonds. The lowest BCUT2D eigenvalue weighted by molar-refractivity contribution is -0.124. The Morgan fingerprint density at radius 1 is 1.13 bits per heavy atom. The van der Waals surface area contributed by atoms with Crippen LogP contribution in [0.1, 0.15) is 58.8 Å². The number of nitrogens with zero attached hydrogens (tertiary/aromatic N) is 1. The van der Waals surface area contributed by atoms with E-state index in [2.05, 4.69) is 12.2 Å². The summed E-state index contributed by atoms with van der Waals surface area (Å²) >= 11 is 0. The fraction of sp³-hybridized carbons (Fsp3) is 0.417. The molecule has 2 aromatic rings. The van der Waals surface area contributed by atoms with Crippen LogP contribution in [-0.4, -0.2) is 44.0 Å². The third-order valence-electron chi connectivity index (χ3n) is 6.14. The first-order valence-corrected chi connectivity index (χ1v) is 10.5. The fourth-order valence-corrected chi connectivity index (χ4v) is 4.63. The number of amides is 2. The van der Waals surface area contributed by atoms with Gasteiger partial charge in [0.1, 0.15) is 0 Å². The highest BCUT2D eigenvalue weighted by atomic mass is 16.5. The molecule has 1 N–H and O–H groups in total. The van der Waals surface area contributed by atoms with Crippen molar-refractivity contribution in [3.05, 3.63) is 58.7 Å². The van der Waals surface area contributed by atoms with E-state index in [0.29, 0.717) is 36.6 Å². The lowest BCUT2D eigenvalue weighted by Crippen LogP contribution is -2.50. The van der Waals surface area contributed by atoms with Crippen LogP contribution in [0, 0.1) is 0 Å². The topological polar surface area (TPSA) is 67.9 Å². The van der Waals surface area contributed by atoms with Crippen molar-refractivity contribution in [2.75, 3.05) is 27.3 Å². The van der Waals surface area contributed by atoms with Gasteiger partial charge in [0, 0.05) is 18.7 Å². The van der Waals surface area contributed by atoms with E-state index in [1.165, 1.54) is 0 Å². The number of benzene rings is 2. The zero-order valence-electron chi connectivity index (χ0n) is 17.7. The van der Waals surface area contributed by atoms with Crippen LogP contribution in [0.15, 0.2) is 36.4 Å². The maximum Gasteiger partial charge on any atom is 0.254 e. The Labute approximate surface area is 177 Å². The highest BCUT2D eigenvalue weighted by Crippen LogP contribution is 2.48. The predicted octanol–water partition coefficient (Wildman–Crippen LogP) is 3.46. The smallest absolute Gasteiger partial charge is 0.254 e. The number of hydrogen-bond donors (Lipinski definition) is 1. The molecule has 30 heavy (non-hydrogen) atoms. The van der Waals surface area contributed by atoms with Crippen LogP contribution < -0.4 is 14.8 Å². The first kappa shape index (κ1) is 20.3. The number of hydrogen-bond acceptors (Lipinski definition) is 4. The van der Waals surface area contributed by atoms with Crippen molar-refractivity contribution in [3.8, 4) is 11.5 Å². The molecule has 0 bridgehead atoms. The summed E-state index contributed by atoms with van der Waals surface area (Å²) in [5, 5.41) is 3.09. The molecule has 2 aliphatic rings. The van der Waals surface area contributed by atoms with Gasteiger partial charge in [-0.2, -0.15) is 0 Å². The van der Waals surface area contributed by atoms with Crippen molar-refractivity contribution in [1.29, 1.82) is 0 Å². The summed E-state index contributed by atoms with van der Waals surface area (Å²) in [6.07, 6.45) is 2.65. The molecule has 0 aliphatic carbocycles. The number of nitrogens with one attached hydrogen (secondary N) is 1. The Morgan fingerprint density at radius 2 is 1.87 bits per heavy atom. The number of ether oxygens (including phenoxy) is 2. The second-order valence-electron chi connectivity index (χ2n) is 7.81. The van der Waals surface area contributed by atoms with Gasteiger partial charge in [-0.1, -0.05) is 31.5 Å². The lowest BCUT2D eigenvalue weighted by atomic mass is 9.75. The molecule has 2 aliphatic heterocycles. The molecule has 2 atom stereocenters. The Kier molecular flexibility index (Phi) is 5.66. The summed E-state index contributed by atoms with van der Waals surface area (Å²) in [4.78, 5) is 28.5. The number of fused-ring (bicyclic) bond motifs is 4. The highest BCUT2D eigenvalue weighted by molar-refractivity contribution is 6.01. The molecule has 2 aromatic carbocycles. The second-order valence-corrected chi connectivity index (χ2v) is 7.81. The third-order valence-corrected chi connectivity index (χ3v) is 6.14. The number of carbonyl (C=O) groups excluding carboxylic acids is 2. The summed E-state index contributed by atoms with van der Waals surface area (Å²) in [5.74, 6) is 0.744. The first-order valence-electron chi connectivity index (χ1n) is 10.5. The molecule has 6 heteroatoms. The Morgan fingerprint density at radius 3 is 2.60 bits per heavy atom. The minimum absolute atomic E-state index is 0.0198. The molecule has 0 spiro atoms. The monoisotopic (exact) mass is 408 g/mol. The number of unbranched alkanes of at least 4 members (excludes halogenated alkanes) is 1. The minimum atomic E-state index is -0.465. The van der Waals surface area contributed by atoms with Gasteiger partial charge in [-0.25, -0.2) is 0 Å². The molecule has 4 rings (SSSR count). The van der Waals surface area contributed by atoms with Crippen LogP contribution in [0.4, 0.5) is 0 Å². The number of methoxy groups -OCH3 is 2. The summed E-state index contributed by atoms with van der Waals surface area (Å²) in [6.45, 7) is 3.30. The van der Waals surface area contributed by atoms with Crippen LogP contribution in [0.2, 0.25) is 0 Å². The van der Waals surface area contributed by atoms with E-state index in [1.54, 1.807) is 14.2 Å². The second kappa shape index (κ2) is 8.38. The van der Waals surface area contributed by atoms with E-state index in [-0.39, 0.29) is 17.9 Å². The minimum Gasteiger partial charge on any atom is -0.493 e. The fourth-order valence-electron chi connectivity index (χ4n) is 4.63. The van der Waals surface area contributed by atoms with Gasteiger partial charge in [-0.15, -0.1) is 0 Å². The zero-order chi connectivity index (χ0) is 21.3. The van der Waals surface area contributed by atoms with E-state index in [0.717, 1.165) is 29.5 Å². The SMILES string of the molecule is CCCCNC(=O)[C@@H]1c2ccccc2C(=O)N2CCc3cc(OC)c(OC)cc3[C@H]12. The van der Waals surface area contributed by atoms with Crippen LogP contribution >= 0.6 is 0 Å². The van der Waals surface area contributed by atoms with Crippen molar-refractivity contribution < 1.29 is 19.1 Å². The maximum atomic E-state index is 13.4. The van der Waals surface area contributed by atoms with Crippen LogP contribution in [0.5, 0.6) is 11.5 Å². The average molecular weight is 408 g/mol. The molecule has 0 radical (unpaired) electrons. The van der Waals surface area contributed by atoms with E-state index in [4.69, 9.17) is 9.47 Å². The maximum absolute atomic E-state index is 13.4. The van der Waals surface area contributed by atoms with Gasteiger partial charge in [0.15, 0.2) is 11.5 Å². The van der Waals surface area contributed by atoms with Gasteiger partial charge in [-0.3, -0.25) is 9.59 Å². The van der Waals surface area contributed by atoms with Crippen molar-refractivity contribution in [2.24, 2.45) is 0 Å². The Balaban J connectivity index is 1.85. The predicted molar refractivity (Wildman–Crippen MR) is 114 cm³/mol. The van der Waals surface area contributed by atoms with Gasteiger partial charge in [0.05, 0.1) is 26.2 Å². The average Bonchev–Trinajstić information content (AvgIpc) is 2.78. The summed E-state index contributed by atoms with van der Waals surface area (Å²) in [5.41, 5.74) is 3.46. The van der Waals surface area contributed by atoms with Gasteiger partial charge in [0.2, 0.25) is 5.91 Å². The molecule has 0 fully saturated rings. The van der Waals surface area contributed by atoms with Crippen LogP contribution in [0.3, 0.4) is 0 Å². The van der Waals surface area contributed by atoms with Crippen molar-refractivity contribution in [3.63, 3.8) is 0 Å². The largest absolute Gasteiger partial charge is 0.493 e. The summed E-state index contributed by atoms with van der Waals surface area (Å²) in [6, 6.07) is 11.0.